The quantitative estimate of drug-likeness (QED) is 0.654. The van der Waals surface area contributed by atoms with Crippen molar-refractivity contribution in [2.45, 2.75) is 19.0 Å². The Balaban J connectivity index is 1.91. The van der Waals surface area contributed by atoms with E-state index in [9.17, 15) is 18.0 Å². The number of piperazine rings is 1. The van der Waals surface area contributed by atoms with Crippen molar-refractivity contribution in [1.29, 1.82) is 0 Å². The fraction of sp³-hybridized carbons (Fsp3) is 0.692. The molecule has 9 nitrogen and oxygen atoms in total. The fourth-order valence-corrected chi connectivity index (χ4v) is 5.85. The summed E-state index contributed by atoms with van der Waals surface area (Å²) >= 11 is 1.01. The number of aryl methyl sites for hydroxylation is 1. The number of carbonyl (C=O) groups is 2. The summed E-state index contributed by atoms with van der Waals surface area (Å²) in [5.74, 6) is -0.487. The van der Waals surface area contributed by atoms with Gasteiger partial charge in [0.15, 0.2) is 9.84 Å². The third kappa shape index (κ3) is 2.86. The first-order valence-corrected chi connectivity index (χ1v) is 10.1. The average Bonchev–Trinajstić information content (AvgIpc) is 3.06. The second-order valence-corrected chi connectivity index (χ2v) is 9.18. The molecule has 0 N–H and O–H groups in total. The standard InChI is InChI=1S/C13H19N5O4S2/c1-8-11(23-15-14-8)12(19)17-4-5-18(13(20)16(2)3)10-7-24(21,22)6-9(10)17/h9-10H,4-7H2,1-3H3/t9-,10+/m1/s1. The predicted molar refractivity (Wildman–Crippen MR) is 87.7 cm³/mol. The Morgan fingerprint density at radius 2 is 1.75 bits per heavy atom. The van der Waals surface area contributed by atoms with E-state index in [1.54, 1.807) is 30.8 Å². The zero-order valence-electron chi connectivity index (χ0n) is 13.7. The van der Waals surface area contributed by atoms with Gasteiger partial charge in [0.05, 0.1) is 29.3 Å². The number of fused-ring (bicyclic) bond motifs is 1. The molecule has 24 heavy (non-hydrogen) atoms. The molecule has 1 aromatic heterocycles. The SMILES string of the molecule is Cc1nnsc1C(=O)N1CCN(C(=O)N(C)C)[C@H]2CS(=O)(=O)C[C@H]21. The lowest BCUT2D eigenvalue weighted by molar-refractivity contribution is 0.0396. The average molecular weight is 373 g/mol. The minimum atomic E-state index is -3.30. The maximum absolute atomic E-state index is 12.8. The summed E-state index contributed by atoms with van der Waals surface area (Å²) in [6.45, 7) is 2.31. The minimum Gasteiger partial charge on any atom is -0.331 e. The lowest BCUT2D eigenvalue weighted by atomic mass is 10.0. The largest absolute Gasteiger partial charge is 0.331 e. The molecule has 11 heteroatoms. The third-order valence-corrected chi connectivity index (χ3v) is 6.93. The Kier molecular flexibility index (Phi) is 4.24. The maximum Gasteiger partial charge on any atom is 0.319 e. The van der Waals surface area contributed by atoms with Crippen LogP contribution in [0.3, 0.4) is 0 Å². The van der Waals surface area contributed by atoms with E-state index in [4.69, 9.17) is 0 Å². The summed E-state index contributed by atoms with van der Waals surface area (Å²) in [7, 11) is -0.0412. The van der Waals surface area contributed by atoms with E-state index < -0.39 is 21.9 Å². The van der Waals surface area contributed by atoms with Crippen LogP contribution in [0.5, 0.6) is 0 Å². The zero-order valence-corrected chi connectivity index (χ0v) is 15.3. The highest BCUT2D eigenvalue weighted by Gasteiger charge is 2.50. The molecule has 0 spiro atoms. The molecule has 2 saturated heterocycles. The number of nitrogens with zero attached hydrogens (tertiary/aromatic N) is 5. The van der Waals surface area contributed by atoms with Crippen molar-refractivity contribution in [2.75, 3.05) is 38.7 Å². The van der Waals surface area contributed by atoms with Crippen LogP contribution in [0.4, 0.5) is 4.79 Å². The molecule has 0 radical (unpaired) electrons. The summed E-state index contributed by atoms with van der Waals surface area (Å²) in [6, 6.07) is -1.27. The van der Waals surface area contributed by atoms with Crippen LogP contribution in [0, 0.1) is 6.92 Å². The first-order chi connectivity index (χ1) is 11.2. The number of amides is 3. The van der Waals surface area contributed by atoms with E-state index in [2.05, 4.69) is 9.59 Å². The fourth-order valence-electron chi connectivity index (χ4n) is 3.26. The number of urea groups is 1. The van der Waals surface area contributed by atoms with Crippen LogP contribution in [0.2, 0.25) is 0 Å². The molecule has 0 bridgehead atoms. The number of hydrogen-bond donors (Lipinski definition) is 0. The lowest BCUT2D eigenvalue weighted by Gasteiger charge is -2.44. The second kappa shape index (κ2) is 5.96. The molecule has 2 aliphatic rings. The van der Waals surface area contributed by atoms with Gasteiger partial charge in [0.1, 0.15) is 4.88 Å². The molecule has 3 heterocycles. The summed E-state index contributed by atoms with van der Waals surface area (Å²) in [5.41, 5.74) is 0.536. The normalized spacial score (nSPS) is 25.5. The first-order valence-electron chi connectivity index (χ1n) is 7.49. The number of carbonyl (C=O) groups excluding carboxylic acids is 2. The van der Waals surface area contributed by atoms with Crippen molar-refractivity contribution in [3.05, 3.63) is 10.6 Å². The van der Waals surface area contributed by atoms with E-state index >= 15 is 0 Å². The zero-order chi connectivity index (χ0) is 17.6. The molecule has 0 unspecified atom stereocenters. The lowest BCUT2D eigenvalue weighted by Crippen LogP contribution is -2.63. The highest BCUT2D eigenvalue weighted by atomic mass is 32.2. The smallest absolute Gasteiger partial charge is 0.319 e. The molecular weight excluding hydrogens is 354 g/mol. The van der Waals surface area contributed by atoms with Crippen molar-refractivity contribution >= 4 is 33.3 Å². The van der Waals surface area contributed by atoms with Gasteiger partial charge in [-0.05, 0) is 18.5 Å². The van der Waals surface area contributed by atoms with Crippen molar-refractivity contribution in [3.63, 3.8) is 0 Å². The second-order valence-electron chi connectivity index (χ2n) is 6.27. The maximum atomic E-state index is 12.8. The van der Waals surface area contributed by atoms with E-state index in [0.717, 1.165) is 11.5 Å². The first kappa shape index (κ1) is 17.1. The number of sulfone groups is 1. The van der Waals surface area contributed by atoms with Crippen LogP contribution in [0.15, 0.2) is 0 Å². The van der Waals surface area contributed by atoms with Crippen LogP contribution in [0.25, 0.3) is 0 Å². The van der Waals surface area contributed by atoms with E-state index in [1.807, 2.05) is 0 Å². The topological polar surface area (TPSA) is 104 Å². The molecule has 0 aromatic carbocycles. The summed E-state index contributed by atoms with van der Waals surface area (Å²) in [5, 5.41) is 3.84. The predicted octanol–water partition coefficient (Wildman–Crippen LogP) is -0.548. The molecule has 3 rings (SSSR count). The summed E-state index contributed by atoms with van der Waals surface area (Å²) < 4.78 is 28.1. The molecule has 132 valence electrons. The van der Waals surface area contributed by atoms with E-state index in [1.165, 1.54) is 4.90 Å². The van der Waals surface area contributed by atoms with Crippen LogP contribution >= 0.6 is 11.5 Å². The molecular formula is C13H19N5O4S2. The van der Waals surface area contributed by atoms with E-state index in [0.29, 0.717) is 23.7 Å². The van der Waals surface area contributed by atoms with Crippen LogP contribution in [0.1, 0.15) is 15.4 Å². The molecule has 2 fully saturated rings. The number of hydrogen-bond acceptors (Lipinski definition) is 7. The number of aromatic nitrogens is 2. The van der Waals surface area contributed by atoms with Crippen molar-refractivity contribution in [3.8, 4) is 0 Å². The van der Waals surface area contributed by atoms with Gasteiger partial charge >= 0.3 is 6.03 Å². The Morgan fingerprint density at radius 3 is 2.29 bits per heavy atom. The highest BCUT2D eigenvalue weighted by Crippen LogP contribution is 2.29. The van der Waals surface area contributed by atoms with Crippen LogP contribution in [-0.4, -0.2) is 95.4 Å². The number of rotatable bonds is 1. The molecule has 2 aliphatic heterocycles. The van der Waals surface area contributed by atoms with Gasteiger partial charge in [-0.3, -0.25) is 4.79 Å². The van der Waals surface area contributed by atoms with E-state index in [-0.39, 0.29) is 23.4 Å². The van der Waals surface area contributed by atoms with Gasteiger partial charge in [0.25, 0.3) is 5.91 Å². The van der Waals surface area contributed by atoms with Gasteiger partial charge < -0.3 is 14.7 Å². The summed E-state index contributed by atoms with van der Waals surface area (Å²) in [6.07, 6.45) is 0. The van der Waals surface area contributed by atoms with Crippen molar-refractivity contribution in [1.82, 2.24) is 24.3 Å². The van der Waals surface area contributed by atoms with Crippen molar-refractivity contribution in [2.24, 2.45) is 0 Å². The van der Waals surface area contributed by atoms with Crippen LogP contribution in [-0.2, 0) is 9.84 Å². The molecule has 3 amide bonds. The van der Waals surface area contributed by atoms with Gasteiger partial charge in [-0.2, -0.15) is 0 Å². The van der Waals surface area contributed by atoms with Gasteiger partial charge in [0.2, 0.25) is 0 Å². The van der Waals surface area contributed by atoms with Gasteiger partial charge in [-0.25, -0.2) is 13.2 Å². The monoisotopic (exact) mass is 373 g/mol. The van der Waals surface area contributed by atoms with Crippen LogP contribution < -0.4 is 0 Å². The van der Waals surface area contributed by atoms with Gasteiger partial charge in [0, 0.05) is 27.2 Å². The molecule has 2 atom stereocenters. The Hall–Kier alpha value is -1.75. The minimum absolute atomic E-state index is 0.110. The molecule has 1 aromatic rings. The third-order valence-electron chi connectivity index (χ3n) is 4.41. The van der Waals surface area contributed by atoms with Gasteiger partial charge in [-0.15, -0.1) is 5.10 Å². The molecule has 0 aliphatic carbocycles. The Bertz CT molecular complexity index is 775. The molecule has 0 saturated carbocycles. The Morgan fingerprint density at radius 1 is 1.17 bits per heavy atom. The van der Waals surface area contributed by atoms with Crippen molar-refractivity contribution < 1.29 is 18.0 Å². The summed E-state index contributed by atoms with van der Waals surface area (Å²) in [4.78, 5) is 30.1. The Labute approximate surface area is 144 Å². The highest BCUT2D eigenvalue weighted by molar-refractivity contribution is 7.91. The van der Waals surface area contributed by atoms with Gasteiger partial charge in [-0.1, -0.05) is 4.49 Å².